The van der Waals surface area contributed by atoms with Crippen LogP contribution in [-0.2, 0) is 11.2 Å². The first kappa shape index (κ1) is 13.5. The fraction of sp³-hybridized carbons (Fsp3) is 0.385. The molecule has 102 valence electrons. The van der Waals surface area contributed by atoms with Gasteiger partial charge in [0.2, 0.25) is 5.91 Å². The molecule has 1 aliphatic rings. The monoisotopic (exact) mass is 268 g/mol. The van der Waals surface area contributed by atoms with Crippen molar-refractivity contribution in [3.63, 3.8) is 0 Å². The molecule has 1 aromatic carbocycles. The van der Waals surface area contributed by atoms with Crippen molar-refractivity contribution in [2.24, 2.45) is 5.16 Å². The van der Waals surface area contributed by atoms with Crippen molar-refractivity contribution in [2.45, 2.75) is 19.3 Å². The van der Waals surface area contributed by atoms with E-state index in [1.807, 2.05) is 0 Å². The van der Waals surface area contributed by atoms with E-state index in [9.17, 15) is 13.6 Å². The molecule has 0 aliphatic carbocycles. The second kappa shape index (κ2) is 5.77. The number of likely N-dealkylation sites (tertiary alicyclic amines) is 1. The Kier molecular flexibility index (Phi) is 4.09. The Labute approximate surface area is 109 Å². The van der Waals surface area contributed by atoms with Gasteiger partial charge in [-0.2, -0.15) is 0 Å². The molecule has 6 heteroatoms. The zero-order valence-electron chi connectivity index (χ0n) is 10.3. The van der Waals surface area contributed by atoms with Gasteiger partial charge in [0.25, 0.3) is 0 Å². The molecule has 0 atom stereocenters. The molecule has 1 N–H and O–H groups in total. The molecule has 0 aromatic heterocycles. The van der Waals surface area contributed by atoms with Crippen LogP contribution >= 0.6 is 0 Å². The van der Waals surface area contributed by atoms with Crippen molar-refractivity contribution in [3.05, 3.63) is 35.4 Å². The van der Waals surface area contributed by atoms with E-state index >= 15 is 0 Å². The van der Waals surface area contributed by atoms with Crippen LogP contribution in [0.3, 0.4) is 0 Å². The van der Waals surface area contributed by atoms with E-state index in [0.717, 1.165) is 6.07 Å². The molecule has 0 radical (unpaired) electrons. The number of oxime groups is 1. The quantitative estimate of drug-likeness (QED) is 0.658. The largest absolute Gasteiger partial charge is 0.411 e. The first-order chi connectivity index (χ1) is 9.11. The molecule has 2 rings (SSSR count). The fourth-order valence-electron chi connectivity index (χ4n) is 2.07. The second-order valence-corrected chi connectivity index (χ2v) is 4.44. The summed E-state index contributed by atoms with van der Waals surface area (Å²) < 4.78 is 26.5. The standard InChI is InChI=1S/C13H14F2N2O2/c14-11-3-1-2-9(13(11)15)8-12(18)17-6-4-10(16-19)5-7-17/h1-3,19H,4-8H2. The van der Waals surface area contributed by atoms with E-state index < -0.39 is 11.6 Å². The average Bonchev–Trinajstić information content (AvgIpc) is 2.44. The third-order valence-corrected chi connectivity index (χ3v) is 3.21. The number of carbonyl (C=O) groups excluding carboxylic acids is 1. The highest BCUT2D eigenvalue weighted by Gasteiger charge is 2.21. The molecule has 0 saturated carbocycles. The smallest absolute Gasteiger partial charge is 0.227 e. The maximum atomic E-state index is 13.4. The van der Waals surface area contributed by atoms with Crippen LogP contribution in [0.25, 0.3) is 0 Å². The van der Waals surface area contributed by atoms with Crippen LogP contribution in [0.2, 0.25) is 0 Å². The molecule has 1 saturated heterocycles. The van der Waals surface area contributed by atoms with Crippen molar-refractivity contribution < 1.29 is 18.8 Å². The maximum Gasteiger partial charge on any atom is 0.227 e. The summed E-state index contributed by atoms with van der Waals surface area (Å²) in [5.74, 6) is -2.16. The number of carbonyl (C=O) groups is 1. The third-order valence-electron chi connectivity index (χ3n) is 3.21. The summed E-state index contributed by atoms with van der Waals surface area (Å²) in [7, 11) is 0. The molecule has 0 spiro atoms. The normalized spacial score (nSPS) is 15.5. The lowest BCUT2D eigenvalue weighted by molar-refractivity contribution is -0.130. The molecule has 19 heavy (non-hydrogen) atoms. The molecule has 0 bridgehead atoms. The second-order valence-electron chi connectivity index (χ2n) is 4.44. The van der Waals surface area contributed by atoms with Crippen LogP contribution in [0.5, 0.6) is 0 Å². The van der Waals surface area contributed by atoms with Gasteiger partial charge < -0.3 is 10.1 Å². The van der Waals surface area contributed by atoms with Gasteiger partial charge in [-0.3, -0.25) is 4.79 Å². The van der Waals surface area contributed by atoms with Crippen LogP contribution in [0.4, 0.5) is 8.78 Å². The van der Waals surface area contributed by atoms with E-state index in [4.69, 9.17) is 5.21 Å². The predicted octanol–water partition coefficient (Wildman–Crippen LogP) is 1.96. The molecular formula is C13H14F2N2O2. The number of halogens is 2. The Bertz CT molecular complexity index is 507. The fourth-order valence-corrected chi connectivity index (χ4v) is 2.07. The number of amides is 1. The van der Waals surface area contributed by atoms with Crippen LogP contribution in [-0.4, -0.2) is 34.8 Å². The van der Waals surface area contributed by atoms with Gasteiger partial charge in [0.15, 0.2) is 11.6 Å². The van der Waals surface area contributed by atoms with E-state index in [-0.39, 0.29) is 17.9 Å². The first-order valence-corrected chi connectivity index (χ1v) is 6.02. The summed E-state index contributed by atoms with van der Waals surface area (Å²) in [6, 6.07) is 3.81. The number of hydrogen-bond acceptors (Lipinski definition) is 3. The number of hydrogen-bond donors (Lipinski definition) is 1. The lowest BCUT2D eigenvalue weighted by Gasteiger charge is -2.27. The zero-order chi connectivity index (χ0) is 13.8. The van der Waals surface area contributed by atoms with E-state index in [1.54, 1.807) is 4.90 Å². The Morgan fingerprint density at radius 1 is 1.32 bits per heavy atom. The van der Waals surface area contributed by atoms with Crippen molar-refractivity contribution in [1.82, 2.24) is 4.90 Å². The Morgan fingerprint density at radius 2 is 2.00 bits per heavy atom. The molecule has 1 aliphatic heterocycles. The predicted molar refractivity (Wildman–Crippen MR) is 65.1 cm³/mol. The number of rotatable bonds is 2. The summed E-state index contributed by atoms with van der Waals surface area (Å²) in [6.45, 7) is 0.879. The van der Waals surface area contributed by atoms with E-state index in [2.05, 4.69) is 5.16 Å². The van der Waals surface area contributed by atoms with Gasteiger partial charge in [0.1, 0.15) is 0 Å². The topological polar surface area (TPSA) is 52.9 Å². The van der Waals surface area contributed by atoms with Gasteiger partial charge in [0, 0.05) is 31.5 Å². The molecule has 1 heterocycles. The maximum absolute atomic E-state index is 13.4. The van der Waals surface area contributed by atoms with E-state index in [0.29, 0.717) is 31.6 Å². The van der Waals surface area contributed by atoms with Crippen LogP contribution in [0.15, 0.2) is 23.4 Å². The van der Waals surface area contributed by atoms with Crippen molar-refractivity contribution >= 4 is 11.6 Å². The first-order valence-electron chi connectivity index (χ1n) is 6.02. The third kappa shape index (κ3) is 3.07. The molecule has 1 fully saturated rings. The minimum atomic E-state index is -0.967. The molecule has 0 unspecified atom stereocenters. The van der Waals surface area contributed by atoms with E-state index in [1.165, 1.54) is 12.1 Å². The number of nitrogens with zero attached hydrogens (tertiary/aromatic N) is 2. The Morgan fingerprint density at radius 3 is 2.63 bits per heavy atom. The minimum Gasteiger partial charge on any atom is -0.411 e. The lowest BCUT2D eigenvalue weighted by Crippen LogP contribution is -2.39. The summed E-state index contributed by atoms with van der Waals surface area (Å²) in [4.78, 5) is 13.5. The van der Waals surface area contributed by atoms with Gasteiger partial charge in [-0.25, -0.2) is 8.78 Å². The van der Waals surface area contributed by atoms with Crippen molar-refractivity contribution in [2.75, 3.05) is 13.1 Å². The van der Waals surface area contributed by atoms with Crippen molar-refractivity contribution in [1.29, 1.82) is 0 Å². The van der Waals surface area contributed by atoms with Gasteiger partial charge in [0.05, 0.1) is 12.1 Å². The highest BCUT2D eigenvalue weighted by molar-refractivity contribution is 5.87. The SMILES string of the molecule is O=C(Cc1cccc(F)c1F)N1CCC(=NO)CC1. The summed E-state index contributed by atoms with van der Waals surface area (Å²) in [5, 5.41) is 11.7. The van der Waals surface area contributed by atoms with Gasteiger partial charge in [-0.1, -0.05) is 17.3 Å². The molecule has 4 nitrogen and oxygen atoms in total. The summed E-state index contributed by atoms with van der Waals surface area (Å²) >= 11 is 0. The molecule has 1 amide bonds. The number of benzene rings is 1. The Balaban J connectivity index is 2.00. The van der Waals surface area contributed by atoms with Crippen LogP contribution in [0, 0.1) is 11.6 Å². The molecular weight excluding hydrogens is 254 g/mol. The van der Waals surface area contributed by atoms with Gasteiger partial charge >= 0.3 is 0 Å². The molecule has 1 aromatic rings. The summed E-state index contributed by atoms with van der Waals surface area (Å²) in [5.41, 5.74) is 0.715. The van der Waals surface area contributed by atoms with Crippen LogP contribution < -0.4 is 0 Å². The lowest BCUT2D eigenvalue weighted by atomic mass is 10.1. The zero-order valence-corrected chi connectivity index (χ0v) is 10.3. The number of piperidine rings is 1. The van der Waals surface area contributed by atoms with Gasteiger partial charge in [-0.15, -0.1) is 0 Å². The minimum absolute atomic E-state index is 0.0617. The van der Waals surface area contributed by atoms with Gasteiger partial charge in [-0.05, 0) is 6.07 Å². The Hall–Kier alpha value is -1.98. The average molecular weight is 268 g/mol. The van der Waals surface area contributed by atoms with Crippen LogP contribution in [0.1, 0.15) is 18.4 Å². The summed E-state index contributed by atoms with van der Waals surface area (Å²) in [6.07, 6.45) is 0.858. The van der Waals surface area contributed by atoms with Crippen molar-refractivity contribution in [3.8, 4) is 0 Å². The highest BCUT2D eigenvalue weighted by Crippen LogP contribution is 2.14. The highest BCUT2D eigenvalue weighted by atomic mass is 19.2.